The van der Waals surface area contributed by atoms with Gasteiger partial charge in [-0.05, 0) is 94.3 Å². The zero-order valence-electron chi connectivity index (χ0n) is 28.2. The Morgan fingerprint density at radius 1 is 0.300 bits per heavy atom. The Kier molecular flexibility index (Phi) is 8.42. The molecule has 8 rings (SSSR count). The Morgan fingerprint density at radius 3 is 1.20 bits per heavy atom. The zero-order chi connectivity index (χ0) is 33.9. The lowest BCUT2D eigenvalue weighted by Crippen LogP contribution is -2.01. The molecule has 0 fully saturated rings. The van der Waals surface area contributed by atoms with Crippen molar-refractivity contribution in [3.63, 3.8) is 0 Å². The van der Waals surface area contributed by atoms with Crippen LogP contribution in [0.25, 0.3) is 78.4 Å². The average molecular weight is 641 g/mol. The third-order valence-corrected chi connectivity index (χ3v) is 9.39. The number of aryl methyl sites for hydroxylation is 1. The summed E-state index contributed by atoms with van der Waals surface area (Å²) in [6, 6.07) is 64.4. The Balaban J connectivity index is 1.36. The van der Waals surface area contributed by atoms with Gasteiger partial charge in [-0.2, -0.15) is 0 Å². The van der Waals surface area contributed by atoms with Crippen LogP contribution < -0.4 is 0 Å². The van der Waals surface area contributed by atoms with Gasteiger partial charge in [0, 0.05) is 22.3 Å². The van der Waals surface area contributed by atoms with E-state index in [-0.39, 0.29) is 0 Å². The maximum atomic E-state index is 5.35. The Hall–Kier alpha value is -6.38. The molecule has 0 unspecified atom stereocenters. The van der Waals surface area contributed by atoms with Crippen LogP contribution in [0.2, 0.25) is 0 Å². The van der Waals surface area contributed by atoms with E-state index in [1.807, 2.05) is 6.07 Å². The molecule has 7 aromatic carbocycles. The molecule has 50 heavy (non-hydrogen) atoms. The molecular formula is C48H36N2. The average Bonchev–Trinajstić information content (AvgIpc) is 3.19. The van der Waals surface area contributed by atoms with Crippen molar-refractivity contribution >= 4 is 0 Å². The number of hydrogen-bond acceptors (Lipinski definition) is 2. The van der Waals surface area contributed by atoms with E-state index >= 15 is 0 Å². The van der Waals surface area contributed by atoms with Gasteiger partial charge in [-0.15, -0.1) is 0 Å². The lowest BCUT2D eigenvalue weighted by atomic mass is 9.92. The zero-order valence-corrected chi connectivity index (χ0v) is 28.2. The molecule has 0 atom stereocenters. The molecule has 0 bridgehead atoms. The summed E-state index contributed by atoms with van der Waals surface area (Å²) < 4.78 is 0. The van der Waals surface area contributed by atoms with E-state index in [0.717, 1.165) is 55.9 Å². The highest BCUT2D eigenvalue weighted by Gasteiger charge is 2.18. The van der Waals surface area contributed by atoms with Crippen molar-refractivity contribution in [2.24, 2.45) is 0 Å². The topological polar surface area (TPSA) is 25.8 Å². The highest BCUT2D eigenvalue weighted by Crippen LogP contribution is 2.38. The normalized spacial score (nSPS) is 11.0. The van der Waals surface area contributed by atoms with Gasteiger partial charge in [-0.3, -0.25) is 0 Å². The molecule has 0 radical (unpaired) electrons. The maximum Gasteiger partial charge on any atom is 0.160 e. The quantitative estimate of drug-likeness (QED) is 0.173. The van der Waals surface area contributed by atoms with Gasteiger partial charge in [-0.1, -0.05) is 152 Å². The molecule has 8 aromatic rings. The number of hydrogen-bond donors (Lipinski definition) is 0. The van der Waals surface area contributed by atoms with E-state index in [1.54, 1.807) is 0 Å². The third-order valence-electron chi connectivity index (χ3n) is 9.39. The summed E-state index contributed by atoms with van der Waals surface area (Å²) in [4.78, 5) is 10.7. The fourth-order valence-corrected chi connectivity index (χ4v) is 6.73. The van der Waals surface area contributed by atoms with E-state index in [0.29, 0.717) is 5.82 Å². The van der Waals surface area contributed by atoms with Crippen LogP contribution in [0.1, 0.15) is 11.1 Å². The molecule has 0 aliphatic heterocycles. The van der Waals surface area contributed by atoms with Gasteiger partial charge >= 0.3 is 0 Å². The molecule has 0 amide bonds. The van der Waals surface area contributed by atoms with Crippen LogP contribution in [0.5, 0.6) is 0 Å². The molecule has 0 aliphatic carbocycles. The second-order valence-electron chi connectivity index (χ2n) is 12.7. The van der Waals surface area contributed by atoms with Gasteiger partial charge in [0.1, 0.15) is 0 Å². The first-order valence-electron chi connectivity index (χ1n) is 17.1. The van der Waals surface area contributed by atoms with Crippen LogP contribution in [0.15, 0.2) is 182 Å². The minimum atomic E-state index is 0.703. The molecule has 0 N–H and O–H groups in total. The number of rotatable bonds is 7. The predicted molar refractivity (Wildman–Crippen MR) is 210 cm³/mol. The SMILES string of the molecule is Cc1ccccc1-c1nc(-c2cc(-c3cccc(-c4ccccc4)c3)cc(-c3cccc(-c4ccccc4)c3)c2)nc(-c2ccccc2)c1C. The molecule has 0 saturated carbocycles. The summed E-state index contributed by atoms with van der Waals surface area (Å²) in [5.74, 6) is 0.703. The Morgan fingerprint density at radius 2 is 0.680 bits per heavy atom. The number of aromatic nitrogens is 2. The highest BCUT2D eigenvalue weighted by molar-refractivity contribution is 5.85. The summed E-state index contributed by atoms with van der Waals surface area (Å²) >= 11 is 0. The lowest BCUT2D eigenvalue weighted by Gasteiger charge is -2.16. The molecule has 1 heterocycles. The van der Waals surface area contributed by atoms with Crippen molar-refractivity contribution in [1.82, 2.24) is 9.97 Å². The van der Waals surface area contributed by atoms with Crippen molar-refractivity contribution in [3.8, 4) is 78.4 Å². The van der Waals surface area contributed by atoms with Gasteiger partial charge < -0.3 is 0 Å². The molecule has 2 heteroatoms. The Bertz CT molecular complexity index is 2330. The molecule has 0 saturated heterocycles. The largest absolute Gasteiger partial charge is 0.228 e. The summed E-state index contributed by atoms with van der Waals surface area (Å²) in [6.07, 6.45) is 0. The first-order valence-corrected chi connectivity index (χ1v) is 17.1. The first-order chi connectivity index (χ1) is 24.6. The fourth-order valence-electron chi connectivity index (χ4n) is 6.73. The van der Waals surface area contributed by atoms with Crippen LogP contribution in [-0.4, -0.2) is 9.97 Å². The van der Waals surface area contributed by atoms with Gasteiger partial charge in [0.2, 0.25) is 0 Å². The van der Waals surface area contributed by atoms with Crippen LogP contribution in [0.3, 0.4) is 0 Å². The highest BCUT2D eigenvalue weighted by atomic mass is 14.9. The van der Waals surface area contributed by atoms with Crippen molar-refractivity contribution in [1.29, 1.82) is 0 Å². The van der Waals surface area contributed by atoms with Gasteiger partial charge in [0.05, 0.1) is 11.4 Å². The molecular weight excluding hydrogens is 605 g/mol. The van der Waals surface area contributed by atoms with E-state index in [2.05, 4.69) is 190 Å². The van der Waals surface area contributed by atoms with Gasteiger partial charge in [-0.25, -0.2) is 9.97 Å². The van der Waals surface area contributed by atoms with Crippen LogP contribution >= 0.6 is 0 Å². The van der Waals surface area contributed by atoms with E-state index in [4.69, 9.17) is 9.97 Å². The van der Waals surface area contributed by atoms with Crippen molar-refractivity contribution in [2.45, 2.75) is 13.8 Å². The van der Waals surface area contributed by atoms with Crippen LogP contribution in [0.4, 0.5) is 0 Å². The second kappa shape index (κ2) is 13.6. The van der Waals surface area contributed by atoms with E-state index in [1.165, 1.54) is 27.8 Å². The molecule has 0 spiro atoms. The summed E-state index contributed by atoms with van der Waals surface area (Å²) in [7, 11) is 0. The maximum absolute atomic E-state index is 5.35. The predicted octanol–water partition coefficient (Wildman–Crippen LogP) is 12.8. The van der Waals surface area contributed by atoms with E-state index < -0.39 is 0 Å². The van der Waals surface area contributed by atoms with E-state index in [9.17, 15) is 0 Å². The smallest absolute Gasteiger partial charge is 0.160 e. The summed E-state index contributed by atoms with van der Waals surface area (Å²) in [6.45, 7) is 4.29. The molecule has 0 aliphatic rings. The third kappa shape index (κ3) is 6.27. The minimum Gasteiger partial charge on any atom is -0.228 e. The van der Waals surface area contributed by atoms with Crippen molar-refractivity contribution < 1.29 is 0 Å². The van der Waals surface area contributed by atoms with Gasteiger partial charge in [0.15, 0.2) is 5.82 Å². The minimum absolute atomic E-state index is 0.703. The molecule has 238 valence electrons. The van der Waals surface area contributed by atoms with Gasteiger partial charge in [0.25, 0.3) is 0 Å². The second-order valence-corrected chi connectivity index (χ2v) is 12.7. The summed E-state index contributed by atoms with van der Waals surface area (Å²) in [5, 5.41) is 0. The van der Waals surface area contributed by atoms with Crippen molar-refractivity contribution in [3.05, 3.63) is 193 Å². The monoisotopic (exact) mass is 640 g/mol. The number of benzene rings is 7. The lowest BCUT2D eigenvalue weighted by molar-refractivity contribution is 1.14. The summed E-state index contributed by atoms with van der Waals surface area (Å²) in [5.41, 5.74) is 16.6. The Labute approximate surface area is 294 Å². The fraction of sp³-hybridized carbons (Fsp3) is 0.0417. The standard InChI is InChI=1S/C48H36N2/c1-33-16-12-13-27-45(33)47-34(2)46(37-21-10-5-11-22-37)49-48(50-47)44-31-42(40-25-14-23-38(28-40)35-17-6-3-7-18-35)30-43(32-44)41-26-15-24-39(29-41)36-19-8-4-9-20-36/h3-32H,1-2H3. The van der Waals surface area contributed by atoms with Crippen molar-refractivity contribution in [2.75, 3.05) is 0 Å². The van der Waals surface area contributed by atoms with Crippen LogP contribution in [0, 0.1) is 13.8 Å². The molecule has 1 aromatic heterocycles. The first kappa shape index (κ1) is 30.9. The molecule has 2 nitrogen and oxygen atoms in total. The van der Waals surface area contributed by atoms with Crippen LogP contribution in [-0.2, 0) is 0 Å². The number of nitrogens with zero attached hydrogens (tertiary/aromatic N) is 2.